The Bertz CT molecular complexity index is 1170. The molecule has 0 radical (unpaired) electrons. The minimum atomic E-state index is -0.602. The lowest BCUT2D eigenvalue weighted by atomic mass is 9.93. The SMILES string of the molecule is CC(C)CN(c1ccc(OCCc2ncco2)cc1NC(=O)Nc1ccc(Cl)cc1F)C1CCCCC1. The number of nitrogens with zero attached hydrogens (tertiary/aromatic N) is 2. The maximum atomic E-state index is 14.3. The summed E-state index contributed by atoms with van der Waals surface area (Å²) in [6, 6.07) is 9.71. The van der Waals surface area contributed by atoms with Crippen LogP contribution in [-0.4, -0.2) is 30.2 Å². The molecule has 3 aromatic rings. The molecule has 7 nitrogen and oxygen atoms in total. The highest BCUT2D eigenvalue weighted by atomic mass is 35.5. The van der Waals surface area contributed by atoms with Crippen LogP contribution in [0.5, 0.6) is 5.75 Å². The Balaban J connectivity index is 1.58. The Labute approximate surface area is 222 Å². The van der Waals surface area contributed by atoms with Gasteiger partial charge in [0.15, 0.2) is 5.89 Å². The first kappa shape index (κ1) is 26.8. The molecule has 4 rings (SSSR count). The van der Waals surface area contributed by atoms with Gasteiger partial charge in [0, 0.05) is 23.7 Å². The van der Waals surface area contributed by atoms with Gasteiger partial charge in [-0.2, -0.15) is 0 Å². The largest absolute Gasteiger partial charge is 0.493 e. The van der Waals surface area contributed by atoms with E-state index in [9.17, 15) is 9.18 Å². The fraction of sp³-hybridized carbons (Fsp3) is 0.429. The molecule has 0 bridgehead atoms. The summed E-state index contributed by atoms with van der Waals surface area (Å²) in [5, 5.41) is 5.79. The van der Waals surface area contributed by atoms with Gasteiger partial charge in [0.2, 0.25) is 0 Å². The molecule has 1 aliphatic rings. The minimum absolute atomic E-state index is 0.0492. The highest BCUT2D eigenvalue weighted by molar-refractivity contribution is 6.30. The quantitative estimate of drug-likeness (QED) is 0.284. The van der Waals surface area contributed by atoms with Gasteiger partial charge < -0.3 is 24.7 Å². The minimum Gasteiger partial charge on any atom is -0.493 e. The van der Waals surface area contributed by atoms with Crippen molar-refractivity contribution >= 4 is 34.7 Å². The smallest absolute Gasteiger partial charge is 0.323 e. The Morgan fingerprint density at radius 3 is 2.65 bits per heavy atom. The topological polar surface area (TPSA) is 79.6 Å². The summed E-state index contributed by atoms with van der Waals surface area (Å²) in [7, 11) is 0. The van der Waals surface area contributed by atoms with Crippen molar-refractivity contribution in [2.75, 3.05) is 28.7 Å². The van der Waals surface area contributed by atoms with Crippen molar-refractivity contribution in [3.63, 3.8) is 0 Å². The second-order valence-electron chi connectivity index (χ2n) is 9.74. The Kier molecular flexibility index (Phi) is 9.28. The lowest BCUT2D eigenvalue weighted by molar-refractivity contribution is 0.262. The van der Waals surface area contributed by atoms with Gasteiger partial charge in [-0.1, -0.05) is 44.7 Å². The van der Waals surface area contributed by atoms with Gasteiger partial charge in [-0.25, -0.2) is 14.2 Å². The molecule has 1 fully saturated rings. The molecular weight excluding hydrogens is 495 g/mol. The number of nitrogens with one attached hydrogen (secondary N) is 2. The monoisotopic (exact) mass is 528 g/mol. The van der Waals surface area contributed by atoms with Gasteiger partial charge in [0.05, 0.1) is 36.3 Å². The average Bonchev–Trinajstić information content (AvgIpc) is 3.39. The number of aromatic nitrogens is 1. The number of hydrogen-bond donors (Lipinski definition) is 2. The number of carbonyl (C=O) groups excluding carboxylic acids is 1. The van der Waals surface area contributed by atoms with Crippen LogP contribution in [0, 0.1) is 11.7 Å². The van der Waals surface area contributed by atoms with Crippen molar-refractivity contribution in [3.05, 3.63) is 65.6 Å². The normalized spacial score (nSPS) is 14.0. The molecule has 1 saturated carbocycles. The number of hydrogen-bond acceptors (Lipinski definition) is 5. The molecule has 0 unspecified atom stereocenters. The van der Waals surface area contributed by atoms with Crippen LogP contribution in [0.15, 0.2) is 53.3 Å². The highest BCUT2D eigenvalue weighted by Crippen LogP contribution is 2.36. The van der Waals surface area contributed by atoms with Gasteiger partial charge in [-0.15, -0.1) is 0 Å². The van der Waals surface area contributed by atoms with Crippen LogP contribution in [0.3, 0.4) is 0 Å². The number of urea groups is 1. The number of ether oxygens (including phenoxy) is 1. The van der Waals surface area contributed by atoms with Crippen molar-refractivity contribution in [1.82, 2.24) is 4.98 Å². The third-order valence-electron chi connectivity index (χ3n) is 6.35. The van der Waals surface area contributed by atoms with Gasteiger partial charge in [-0.05, 0) is 49.1 Å². The molecule has 0 atom stereocenters. The van der Waals surface area contributed by atoms with E-state index in [1.807, 2.05) is 18.2 Å². The number of carbonyl (C=O) groups is 1. The molecular formula is C28H34ClFN4O3. The average molecular weight is 529 g/mol. The highest BCUT2D eigenvalue weighted by Gasteiger charge is 2.25. The van der Waals surface area contributed by atoms with Crippen LogP contribution in [0.1, 0.15) is 51.8 Å². The standard InChI is InChI=1S/C28H34ClFN4O3/c1-19(2)18-34(21-6-4-3-5-7-21)26-11-9-22(36-14-12-27-31-13-15-37-27)17-25(26)33-28(35)32-24-10-8-20(29)16-23(24)30/h8-11,13,15-17,19,21H,3-7,12,14,18H2,1-2H3,(H2,32,33,35). The number of amides is 2. The first-order valence-electron chi connectivity index (χ1n) is 12.8. The Morgan fingerprint density at radius 2 is 1.95 bits per heavy atom. The second-order valence-corrected chi connectivity index (χ2v) is 10.2. The number of benzene rings is 2. The predicted molar refractivity (Wildman–Crippen MR) is 145 cm³/mol. The summed E-state index contributed by atoms with van der Waals surface area (Å²) in [5.41, 5.74) is 1.58. The van der Waals surface area contributed by atoms with Crippen molar-refractivity contribution in [2.24, 2.45) is 5.92 Å². The molecule has 1 aromatic heterocycles. The molecule has 2 N–H and O–H groups in total. The van der Waals surface area contributed by atoms with Gasteiger partial charge >= 0.3 is 6.03 Å². The fourth-order valence-electron chi connectivity index (χ4n) is 4.69. The molecule has 9 heteroatoms. The first-order chi connectivity index (χ1) is 17.9. The predicted octanol–water partition coefficient (Wildman–Crippen LogP) is 7.53. The summed E-state index contributed by atoms with van der Waals surface area (Å²) in [5.74, 6) is 1.04. The molecule has 0 saturated heterocycles. The van der Waals surface area contributed by atoms with E-state index in [2.05, 4.69) is 34.4 Å². The number of halogens is 2. The third-order valence-corrected chi connectivity index (χ3v) is 6.59. The molecule has 37 heavy (non-hydrogen) atoms. The van der Waals surface area contributed by atoms with Crippen molar-refractivity contribution < 1.29 is 18.3 Å². The van der Waals surface area contributed by atoms with Crippen molar-refractivity contribution in [2.45, 2.75) is 58.4 Å². The maximum Gasteiger partial charge on any atom is 0.323 e. The Morgan fingerprint density at radius 1 is 1.16 bits per heavy atom. The van der Waals surface area contributed by atoms with E-state index in [4.69, 9.17) is 20.8 Å². The molecule has 2 aromatic carbocycles. The van der Waals surface area contributed by atoms with E-state index in [1.54, 1.807) is 6.20 Å². The van der Waals surface area contributed by atoms with Crippen LogP contribution in [0.2, 0.25) is 5.02 Å². The van der Waals surface area contributed by atoms with E-state index < -0.39 is 11.8 Å². The maximum absolute atomic E-state index is 14.3. The molecule has 1 heterocycles. The fourth-order valence-corrected chi connectivity index (χ4v) is 4.84. The zero-order chi connectivity index (χ0) is 26.2. The first-order valence-corrected chi connectivity index (χ1v) is 13.2. The van der Waals surface area contributed by atoms with E-state index >= 15 is 0 Å². The van der Waals surface area contributed by atoms with Crippen LogP contribution < -0.4 is 20.3 Å². The summed E-state index contributed by atoms with van der Waals surface area (Å²) < 4.78 is 25.5. The van der Waals surface area contributed by atoms with Gasteiger partial charge in [0.25, 0.3) is 0 Å². The molecule has 1 aliphatic carbocycles. The zero-order valence-electron chi connectivity index (χ0n) is 21.3. The molecule has 0 spiro atoms. The number of rotatable bonds is 10. The zero-order valence-corrected chi connectivity index (χ0v) is 22.1. The van der Waals surface area contributed by atoms with Crippen molar-refractivity contribution in [3.8, 4) is 5.75 Å². The Hall–Kier alpha value is -3.26. The van der Waals surface area contributed by atoms with E-state index in [0.717, 1.165) is 25.1 Å². The van der Waals surface area contributed by atoms with Crippen LogP contribution in [0.4, 0.5) is 26.2 Å². The molecule has 2 amide bonds. The summed E-state index contributed by atoms with van der Waals surface area (Å²) >= 11 is 5.85. The van der Waals surface area contributed by atoms with Crippen LogP contribution in [-0.2, 0) is 6.42 Å². The van der Waals surface area contributed by atoms with Crippen molar-refractivity contribution in [1.29, 1.82) is 0 Å². The summed E-state index contributed by atoms with van der Waals surface area (Å²) in [4.78, 5) is 19.5. The van der Waals surface area contributed by atoms with Gasteiger partial charge in [0.1, 0.15) is 17.8 Å². The van der Waals surface area contributed by atoms with E-state index in [0.29, 0.717) is 42.3 Å². The van der Waals surface area contributed by atoms with E-state index in [-0.39, 0.29) is 10.7 Å². The van der Waals surface area contributed by atoms with Gasteiger partial charge in [-0.3, -0.25) is 0 Å². The summed E-state index contributed by atoms with van der Waals surface area (Å²) in [6.07, 6.45) is 9.52. The van der Waals surface area contributed by atoms with Crippen LogP contribution in [0.25, 0.3) is 0 Å². The number of anilines is 3. The summed E-state index contributed by atoms with van der Waals surface area (Å²) in [6.45, 7) is 5.62. The number of oxazole rings is 1. The van der Waals surface area contributed by atoms with Crippen LogP contribution >= 0.6 is 11.6 Å². The second kappa shape index (κ2) is 12.8. The third kappa shape index (κ3) is 7.61. The lowest BCUT2D eigenvalue weighted by Crippen LogP contribution is -2.40. The molecule has 0 aliphatic heterocycles. The lowest BCUT2D eigenvalue weighted by Gasteiger charge is -2.38. The van der Waals surface area contributed by atoms with E-state index in [1.165, 1.54) is 43.7 Å². The molecule has 198 valence electrons.